The quantitative estimate of drug-likeness (QED) is 0.638. The number of hydrogen-bond donors (Lipinski definition) is 1. The molecule has 4 heteroatoms. The summed E-state index contributed by atoms with van der Waals surface area (Å²) in [6, 6.07) is 8.51. The Balaban J connectivity index is 2.54. The van der Waals surface area contributed by atoms with Crippen LogP contribution in [-0.4, -0.2) is 55.6 Å². The van der Waals surface area contributed by atoms with Crippen LogP contribution >= 0.6 is 0 Å². The summed E-state index contributed by atoms with van der Waals surface area (Å²) in [4.78, 5) is 2.27. The molecule has 0 bridgehead atoms. The zero-order chi connectivity index (χ0) is 16.4. The Hall–Kier alpha value is -0.940. The minimum absolute atomic E-state index is 0.147. The number of methoxy groups -OCH3 is 1. The standard InChI is InChI=1S/C18H31NO3/c1-15(2)22-14-18(20)13-19(9-6-10-21-4)12-17-8-5-7-16(3)11-17/h5,7-8,11,15,18,20H,6,9-10,12-14H2,1-4H3. The molecule has 1 unspecified atom stereocenters. The highest BCUT2D eigenvalue weighted by Gasteiger charge is 2.13. The Bertz CT molecular complexity index is 409. The van der Waals surface area contributed by atoms with Crippen molar-refractivity contribution in [1.82, 2.24) is 4.90 Å². The van der Waals surface area contributed by atoms with Crippen molar-refractivity contribution in [3.8, 4) is 0 Å². The Morgan fingerprint density at radius 1 is 1.27 bits per heavy atom. The molecule has 22 heavy (non-hydrogen) atoms. The SMILES string of the molecule is COCCCN(Cc1cccc(C)c1)CC(O)COC(C)C. The lowest BCUT2D eigenvalue weighted by Crippen LogP contribution is -2.36. The van der Waals surface area contributed by atoms with Gasteiger partial charge in [0.1, 0.15) is 0 Å². The van der Waals surface area contributed by atoms with Gasteiger partial charge in [-0.15, -0.1) is 0 Å². The van der Waals surface area contributed by atoms with Gasteiger partial charge >= 0.3 is 0 Å². The van der Waals surface area contributed by atoms with E-state index in [2.05, 4.69) is 36.1 Å². The summed E-state index contributed by atoms with van der Waals surface area (Å²) in [5.41, 5.74) is 2.53. The van der Waals surface area contributed by atoms with Crippen LogP contribution in [0.25, 0.3) is 0 Å². The molecule has 1 atom stereocenters. The average Bonchev–Trinajstić information content (AvgIpc) is 2.45. The maximum atomic E-state index is 10.2. The molecule has 0 amide bonds. The van der Waals surface area contributed by atoms with Gasteiger partial charge < -0.3 is 14.6 Å². The summed E-state index contributed by atoms with van der Waals surface area (Å²) in [6.45, 7) is 9.54. The normalized spacial score (nSPS) is 13.0. The zero-order valence-electron chi connectivity index (χ0n) is 14.4. The molecule has 0 aliphatic carbocycles. The van der Waals surface area contributed by atoms with E-state index in [-0.39, 0.29) is 6.10 Å². The Kier molecular flexibility index (Phi) is 9.32. The fourth-order valence-corrected chi connectivity index (χ4v) is 2.39. The molecular formula is C18H31NO3. The first-order chi connectivity index (χ1) is 10.5. The molecule has 4 nitrogen and oxygen atoms in total. The molecule has 1 N–H and O–H groups in total. The minimum Gasteiger partial charge on any atom is -0.389 e. The van der Waals surface area contributed by atoms with Crippen LogP contribution in [0.3, 0.4) is 0 Å². The maximum Gasteiger partial charge on any atom is 0.0900 e. The molecule has 1 rings (SSSR count). The molecule has 0 heterocycles. The topological polar surface area (TPSA) is 41.9 Å². The van der Waals surface area contributed by atoms with Crippen molar-refractivity contribution in [3.63, 3.8) is 0 Å². The first-order valence-corrected chi connectivity index (χ1v) is 8.07. The van der Waals surface area contributed by atoms with E-state index >= 15 is 0 Å². The number of aryl methyl sites for hydroxylation is 1. The lowest BCUT2D eigenvalue weighted by molar-refractivity contribution is -0.0103. The largest absolute Gasteiger partial charge is 0.389 e. The predicted molar refractivity (Wildman–Crippen MR) is 90.0 cm³/mol. The van der Waals surface area contributed by atoms with Crippen LogP contribution in [-0.2, 0) is 16.0 Å². The van der Waals surface area contributed by atoms with Gasteiger partial charge in [-0.3, -0.25) is 4.90 Å². The number of aliphatic hydroxyl groups excluding tert-OH is 1. The highest BCUT2D eigenvalue weighted by atomic mass is 16.5. The summed E-state index contributed by atoms with van der Waals surface area (Å²) in [7, 11) is 1.72. The summed E-state index contributed by atoms with van der Waals surface area (Å²) in [5.74, 6) is 0. The van der Waals surface area contributed by atoms with E-state index in [0.717, 1.165) is 26.1 Å². The van der Waals surface area contributed by atoms with Crippen molar-refractivity contribution < 1.29 is 14.6 Å². The molecular weight excluding hydrogens is 278 g/mol. The molecule has 0 spiro atoms. The smallest absolute Gasteiger partial charge is 0.0900 e. The second-order valence-electron chi connectivity index (χ2n) is 6.11. The van der Waals surface area contributed by atoms with Gasteiger partial charge in [0.25, 0.3) is 0 Å². The first-order valence-electron chi connectivity index (χ1n) is 8.07. The fourth-order valence-electron chi connectivity index (χ4n) is 2.39. The molecule has 0 fully saturated rings. The summed E-state index contributed by atoms with van der Waals surface area (Å²) < 4.78 is 10.6. The van der Waals surface area contributed by atoms with E-state index in [4.69, 9.17) is 9.47 Å². The number of rotatable bonds is 11. The van der Waals surface area contributed by atoms with Crippen LogP contribution in [0.15, 0.2) is 24.3 Å². The highest BCUT2D eigenvalue weighted by Crippen LogP contribution is 2.09. The molecule has 0 aliphatic heterocycles. The van der Waals surface area contributed by atoms with Crippen molar-refractivity contribution >= 4 is 0 Å². The third kappa shape index (κ3) is 8.49. The number of ether oxygens (including phenoxy) is 2. The van der Waals surface area contributed by atoms with Crippen molar-refractivity contribution in [2.24, 2.45) is 0 Å². The Morgan fingerprint density at radius 3 is 2.68 bits per heavy atom. The van der Waals surface area contributed by atoms with Crippen molar-refractivity contribution in [2.75, 3.05) is 33.4 Å². The molecule has 126 valence electrons. The minimum atomic E-state index is -0.463. The van der Waals surface area contributed by atoms with Gasteiger partial charge in [-0.05, 0) is 32.8 Å². The summed E-state index contributed by atoms with van der Waals surface area (Å²) in [5, 5.41) is 10.2. The second-order valence-corrected chi connectivity index (χ2v) is 6.11. The number of nitrogens with zero attached hydrogens (tertiary/aromatic N) is 1. The van der Waals surface area contributed by atoms with E-state index in [1.54, 1.807) is 7.11 Å². The van der Waals surface area contributed by atoms with Gasteiger partial charge in [0.05, 0.1) is 18.8 Å². The molecule has 1 aromatic carbocycles. The third-order valence-electron chi connectivity index (χ3n) is 3.40. The molecule has 1 aromatic rings. The maximum absolute atomic E-state index is 10.2. The van der Waals surface area contributed by atoms with Gasteiger partial charge in [0, 0.05) is 33.4 Å². The van der Waals surface area contributed by atoms with Gasteiger partial charge in [0.2, 0.25) is 0 Å². The molecule has 0 aromatic heterocycles. The first kappa shape index (κ1) is 19.1. The second kappa shape index (κ2) is 10.7. The van der Waals surface area contributed by atoms with Gasteiger partial charge in [-0.2, -0.15) is 0 Å². The van der Waals surface area contributed by atoms with Crippen LogP contribution < -0.4 is 0 Å². The third-order valence-corrected chi connectivity index (χ3v) is 3.40. The van der Waals surface area contributed by atoms with Crippen LogP contribution in [0.1, 0.15) is 31.4 Å². The molecule has 0 saturated heterocycles. The van der Waals surface area contributed by atoms with Gasteiger partial charge in [0.15, 0.2) is 0 Å². The lowest BCUT2D eigenvalue weighted by Gasteiger charge is -2.25. The van der Waals surface area contributed by atoms with Crippen molar-refractivity contribution in [2.45, 2.75) is 45.9 Å². The van der Waals surface area contributed by atoms with Crippen molar-refractivity contribution in [3.05, 3.63) is 35.4 Å². The monoisotopic (exact) mass is 309 g/mol. The summed E-state index contributed by atoms with van der Waals surface area (Å²) >= 11 is 0. The number of benzene rings is 1. The van der Waals surface area contributed by atoms with Crippen LogP contribution in [0.5, 0.6) is 0 Å². The highest BCUT2D eigenvalue weighted by molar-refractivity contribution is 5.22. The zero-order valence-corrected chi connectivity index (χ0v) is 14.4. The predicted octanol–water partition coefficient (Wildman–Crippen LogP) is 2.62. The van der Waals surface area contributed by atoms with E-state index in [1.807, 2.05) is 13.8 Å². The van der Waals surface area contributed by atoms with Gasteiger partial charge in [-0.25, -0.2) is 0 Å². The van der Waals surface area contributed by atoms with Crippen LogP contribution in [0, 0.1) is 6.92 Å². The van der Waals surface area contributed by atoms with E-state index < -0.39 is 6.10 Å². The van der Waals surface area contributed by atoms with E-state index in [0.29, 0.717) is 13.2 Å². The average molecular weight is 309 g/mol. The van der Waals surface area contributed by atoms with E-state index in [1.165, 1.54) is 11.1 Å². The Labute approximate surface area is 135 Å². The van der Waals surface area contributed by atoms with Crippen LogP contribution in [0.4, 0.5) is 0 Å². The molecule has 0 saturated carbocycles. The molecule has 0 aliphatic rings. The Morgan fingerprint density at radius 2 is 2.05 bits per heavy atom. The van der Waals surface area contributed by atoms with Crippen LogP contribution in [0.2, 0.25) is 0 Å². The lowest BCUT2D eigenvalue weighted by atomic mass is 10.1. The van der Waals surface area contributed by atoms with Crippen molar-refractivity contribution in [1.29, 1.82) is 0 Å². The fraction of sp³-hybridized carbons (Fsp3) is 0.667. The number of aliphatic hydroxyl groups is 1. The molecule has 0 radical (unpaired) electrons. The van der Waals surface area contributed by atoms with Gasteiger partial charge in [-0.1, -0.05) is 29.8 Å². The number of hydrogen-bond acceptors (Lipinski definition) is 4. The van der Waals surface area contributed by atoms with E-state index in [9.17, 15) is 5.11 Å². The summed E-state index contributed by atoms with van der Waals surface area (Å²) in [6.07, 6.45) is 0.642.